The number of sulfone groups is 1. The number of Topliss-reactive ketones (excluding diaryl/α,β-unsaturated/α-hetero) is 1. The van der Waals surface area contributed by atoms with Crippen LogP contribution in [0.25, 0.3) is 0 Å². The molecule has 100 valence electrons. The Morgan fingerprint density at radius 2 is 1.89 bits per heavy atom. The van der Waals surface area contributed by atoms with Crippen molar-refractivity contribution in [2.75, 3.05) is 20.0 Å². The van der Waals surface area contributed by atoms with Crippen LogP contribution in [-0.2, 0) is 19.4 Å². The molecule has 0 amide bonds. The van der Waals surface area contributed by atoms with Gasteiger partial charge in [0.2, 0.25) is 0 Å². The highest BCUT2D eigenvalue weighted by Gasteiger charge is 2.32. The van der Waals surface area contributed by atoms with Gasteiger partial charge in [0.15, 0.2) is 20.2 Å². The minimum Gasteiger partial charge on any atom is -0.377 e. The molecular weight excluding hydrogens is 272 g/mol. The quantitative estimate of drug-likeness (QED) is 0.797. The summed E-state index contributed by atoms with van der Waals surface area (Å²) in [7, 11) is -2.29. The fourth-order valence-corrected chi connectivity index (χ4v) is 4.35. The van der Waals surface area contributed by atoms with E-state index >= 15 is 0 Å². The first-order chi connectivity index (χ1) is 8.43. The predicted molar refractivity (Wildman–Crippen MR) is 72.6 cm³/mol. The van der Waals surface area contributed by atoms with Crippen LogP contribution in [0.4, 0.5) is 0 Å². The molecule has 1 aromatic rings. The third-order valence-electron chi connectivity index (χ3n) is 2.39. The van der Waals surface area contributed by atoms with Crippen molar-refractivity contribution in [1.82, 2.24) is 0 Å². The van der Waals surface area contributed by atoms with Crippen LogP contribution in [0, 0.1) is 6.92 Å². The Hall–Kier alpha value is -0.850. The molecule has 0 bridgehead atoms. The first-order valence-corrected chi connectivity index (χ1v) is 8.12. The van der Waals surface area contributed by atoms with Gasteiger partial charge in [0.25, 0.3) is 0 Å². The predicted octanol–water partition coefficient (Wildman–Crippen LogP) is 1.67. The Labute approximate surface area is 112 Å². The second kappa shape index (κ2) is 6.36. The maximum atomic E-state index is 12.3. The van der Waals surface area contributed by atoms with E-state index in [1.54, 1.807) is 18.4 Å². The third-order valence-corrected chi connectivity index (χ3v) is 6.18. The lowest BCUT2D eigenvalue weighted by atomic mass is 10.2. The zero-order chi connectivity index (χ0) is 13.8. The van der Waals surface area contributed by atoms with Gasteiger partial charge in [0, 0.05) is 7.11 Å². The van der Waals surface area contributed by atoms with Gasteiger partial charge in [0.05, 0.1) is 4.90 Å². The topological polar surface area (TPSA) is 60.4 Å². The molecule has 0 heterocycles. The van der Waals surface area contributed by atoms with Crippen LogP contribution in [0.2, 0.25) is 0 Å². The molecule has 0 saturated heterocycles. The first kappa shape index (κ1) is 15.2. The summed E-state index contributed by atoms with van der Waals surface area (Å²) in [5, 5.41) is 0. The van der Waals surface area contributed by atoms with Crippen molar-refractivity contribution in [3.63, 3.8) is 0 Å². The number of benzene rings is 1. The van der Waals surface area contributed by atoms with Crippen molar-refractivity contribution in [3.8, 4) is 0 Å². The summed E-state index contributed by atoms with van der Waals surface area (Å²) < 4.78 is 28.2. The second-order valence-electron chi connectivity index (χ2n) is 3.83. The fraction of sp³-hybridized carbons (Fsp3) is 0.417. The minimum atomic E-state index is -3.66. The van der Waals surface area contributed by atoms with Gasteiger partial charge in [-0.15, -0.1) is 11.8 Å². The molecule has 0 fully saturated rings. The summed E-state index contributed by atoms with van der Waals surface area (Å²) in [5.74, 6) is -0.439. The van der Waals surface area contributed by atoms with Crippen molar-refractivity contribution in [2.45, 2.75) is 16.4 Å². The van der Waals surface area contributed by atoms with Crippen molar-refractivity contribution in [3.05, 3.63) is 29.8 Å². The van der Waals surface area contributed by atoms with E-state index in [4.69, 9.17) is 4.74 Å². The van der Waals surface area contributed by atoms with Gasteiger partial charge < -0.3 is 4.74 Å². The molecule has 1 aromatic carbocycles. The van der Waals surface area contributed by atoms with Gasteiger partial charge in [-0.2, -0.15) is 0 Å². The smallest absolute Gasteiger partial charge is 0.197 e. The van der Waals surface area contributed by atoms with E-state index in [9.17, 15) is 13.2 Å². The van der Waals surface area contributed by atoms with Gasteiger partial charge in [-0.1, -0.05) is 17.7 Å². The number of ether oxygens (including phenoxy) is 1. The number of ketones is 1. The van der Waals surface area contributed by atoms with E-state index in [-0.39, 0.29) is 11.5 Å². The van der Waals surface area contributed by atoms with E-state index in [0.717, 1.165) is 17.3 Å². The molecule has 1 unspecified atom stereocenters. The summed E-state index contributed by atoms with van der Waals surface area (Å²) >= 11 is 1.01. The van der Waals surface area contributed by atoms with Crippen molar-refractivity contribution >= 4 is 27.4 Å². The summed E-state index contributed by atoms with van der Waals surface area (Å²) in [6.07, 6.45) is 1.60. The standard InChI is InChI=1S/C12H16O4S2/c1-9-4-6-10(7-5-9)18(14,15)12(17-3)11(13)8-16-2/h4-7,12H,8H2,1-3H3. The highest BCUT2D eigenvalue weighted by Crippen LogP contribution is 2.24. The fourth-order valence-electron chi connectivity index (χ4n) is 1.49. The second-order valence-corrected chi connectivity index (χ2v) is 7.10. The lowest BCUT2D eigenvalue weighted by Gasteiger charge is -2.14. The Kier molecular flexibility index (Phi) is 5.37. The SMILES string of the molecule is COCC(=O)C(SC)S(=O)(=O)c1ccc(C)cc1. The van der Waals surface area contributed by atoms with Gasteiger partial charge in [0.1, 0.15) is 6.61 Å². The molecule has 0 N–H and O–H groups in total. The monoisotopic (exact) mass is 288 g/mol. The molecule has 6 heteroatoms. The van der Waals surface area contributed by atoms with Crippen molar-refractivity contribution in [1.29, 1.82) is 0 Å². The Bertz CT molecular complexity index is 505. The van der Waals surface area contributed by atoms with E-state index in [1.807, 2.05) is 6.92 Å². The molecule has 1 rings (SSSR count). The average molecular weight is 288 g/mol. The molecule has 0 spiro atoms. The van der Waals surface area contributed by atoms with Crippen molar-refractivity contribution in [2.24, 2.45) is 0 Å². The molecule has 0 aliphatic carbocycles. The summed E-state index contributed by atoms with van der Waals surface area (Å²) in [4.78, 5) is 11.9. The number of thioether (sulfide) groups is 1. The Morgan fingerprint density at radius 1 is 1.33 bits per heavy atom. The number of hydrogen-bond acceptors (Lipinski definition) is 5. The number of methoxy groups -OCH3 is 1. The lowest BCUT2D eigenvalue weighted by Crippen LogP contribution is -2.30. The largest absolute Gasteiger partial charge is 0.377 e. The third kappa shape index (κ3) is 3.34. The molecule has 18 heavy (non-hydrogen) atoms. The van der Waals surface area contributed by atoms with Crippen molar-refractivity contribution < 1.29 is 17.9 Å². The van der Waals surface area contributed by atoms with Gasteiger partial charge >= 0.3 is 0 Å². The zero-order valence-corrected chi connectivity index (χ0v) is 12.2. The molecule has 0 saturated carbocycles. The van der Waals surface area contributed by atoms with E-state index < -0.39 is 20.2 Å². The minimum absolute atomic E-state index is 0.164. The summed E-state index contributed by atoms with van der Waals surface area (Å²) in [5.41, 5.74) is 0.970. The lowest BCUT2D eigenvalue weighted by molar-refractivity contribution is -0.120. The van der Waals surface area contributed by atoms with Gasteiger partial charge in [-0.05, 0) is 25.3 Å². The van der Waals surface area contributed by atoms with Crippen LogP contribution in [0.5, 0.6) is 0 Å². The maximum absolute atomic E-state index is 12.3. The molecule has 0 aliphatic rings. The normalized spacial score (nSPS) is 13.3. The van der Waals surface area contributed by atoms with Crippen LogP contribution in [0.15, 0.2) is 29.2 Å². The van der Waals surface area contributed by atoms with Gasteiger partial charge in [-0.3, -0.25) is 4.79 Å². The Balaban J connectivity index is 3.10. The molecular formula is C12H16O4S2. The maximum Gasteiger partial charge on any atom is 0.197 e. The van der Waals surface area contributed by atoms with E-state index in [2.05, 4.69) is 0 Å². The molecule has 0 aromatic heterocycles. The van der Waals surface area contributed by atoms with Crippen LogP contribution < -0.4 is 0 Å². The van der Waals surface area contributed by atoms with Crippen LogP contribution in [0.1, 0.15) is 5.56 Å². The average Bonchev–Trinajstić information content (AvgIpc) is 2.30. The van der Waals surface area contributed by atoms with Gasteiger partial charge in [-0.25, -0.2) is 8.42 Å². The van der Waals surface area contributed by atoms with Crippen LogP contribution in [0.3, 0.4) is 0 Å². The number of aryl methyl sites for hydroxylation is 1. The number of hydrogen-bond donors (Lipinski definition) is 0. The van der Waals surface area contributed by atoms with E-state index in [0.29, 0.717) is 0 Å². The molecule has 1 atom stereocenters. The molecule has 0 aliphatic heterocycles. The summed E-state index contributed by atoms with van der Waals surface area (Å²) in [6, 6.07) is 6.47. The Morgan fingerprint density at radius 3 is 2.33 bits per heavy atom. The van der Waals surface area contributed by atoms with Crippen LogP contribution in [-0.4, -0.2) is 38.8 Å². The van der Waals surface area contributed by atoms with E-state index in [1.165, 1.54) is 19.2 Å². The highest BCUT2D eigenvalue weighted by molar-refractivity contribution is 8.14. The number of carbonyl (C=O) groups excluding carboxylic acids is 1. The summed E-state index contributed by atoms with van der Waals surface area (Å²) in [6.45, 7) is 1.68. The number of carbonyl (C=O) groups is 1. The molecule has 0 radical (unpaired) electrons. The zero-order valence-electron chi connectivity index (χ0n) is 10.5. The first-order valence-electron chi connectivity index (χ1n) is 5.28. The molecule has 4 nitrogen and oxygen atoms in total. The highest BCUT2D eigenvalue weighted by atomic mass is 32.3. The number of rotatable bonds is 6. The van der Waals surface area contributed by atoms with Crippen LogP contribution >= 0.6 is 11.8 Å².